The van der Waals surface area contributed by atoms with Crippen LogP contribution in [0.4, 0.5) is 0 Å². The third-order valence-electron chi connectivity index (χ3n) is 5.75. The Hall–Kier alpha value is -0.355. The first-order valence-electron chi connectivity index (χ1n) is 8.75. The molecule has 2 saturated heterocycles. The molecule has 0 aromatic carbocycles. The molecule has 2 fully saturated rings. The fourth-order valence-electron chi connectivity index (χ4n) is 3.51. The molecule has 0 aromatic heterocycles. The van der Waals surface area contributed by atoms with E-state index in [0.717, 1.165) is 39.0 Å². The number of nitrogens with zero attached hydrogens (tertiary/aromatic N) is 1. The molecular formula is C17H30BNO3. The summed E-state index contributed by atoms with van der Waals surface area (Å²) >= 11 is 0. The van der Waals surface area contributed by atoms with Crippen molar-refractivity contribution in [1.82, 2.24) is 4.90 Å². The normalized spacial score (nSPS) is 32.6. The van der Waals surface area contributed by atoms with Crippen molar-refractivity contribution in [2.75, 3.05) is 26.3 Å². The number of rotatable bonds is 2. The molecule has 0 saturated carbocycles. The van der Waals surface area contributed by atoms with Crippen molar-refractivity contribution in [1.29, 1.82) is 0 Å². The van der Waals surface area contributed by atoms with Gasteiger partial charge < -0.3 is 14.0 Å². The van der Waals surface area contributed by atoms with Crippen LogP contribution in [0.25, 0.3) is 0 Å². The molecule has 124 valence electrons. The Balaban J connectivity index is 1.60. The molecule has 4 nitrogen and oxygen atoms in total. The number of hydrogen-bond donors (Lipinski definition) is 0. The van der Waals surface area contributed by atoms with Crippen molar-refractivity contribution in [3.63, 3.8) is 0 Å². The highest BCUT2D eigenvalue weighted by Crippen LogP contribution is 2.40. The third-order valence-corrected chi connectivity index (χ3v) is 5.75. The van der Waals surface area contributed by atoms with Crippen molar-refractivity contribution >= 4 is 7.12 Å². The molecule has 22 heavy (non-hydrogen) atoms. The van der Waals surface area contributed by atoms with Crippen LogP contribution in [-0.2, 0) is 14.0 Å². The van der Waals surface area contributed by atoms with Gasteiger partial charge in [0, 0.05) is 25.7 Å². The molecule has 5 heteroatoms. The Morgan fingerprint density at radius 1 is 1.09 bits per heavy atom. The van der Waals surface area contributed by atoms with E-state index in [4.69, 9.17) is 14.0 Å². The van der Waals surface area contributed by atoms with Crippen LogP contribution < -0.4 is 0 Å². The SMILES string of the molecule is CC1(C)OB(C2=CCC(N3CCCOCC3)CC2)OC1(C)C. The Morgan fingerprint density at radius 2 is 1.82 bits per heavy atom. The van der Waals surface area contributed by atoms with Crippen molar-refractivity contribution in [3.8, 4) is 0 Å². The van der Waals surface area contributed by atoms with Gasteiger partial charge in [-0.25, -0.2) is 0 Å². The summed E-state index contributed by atoms with van der Waals surface area (Å²) < 4.78 is 17.9. The van der Waals surface area contributed by atoms with Crippen LogP contribution in [-0.4, -0.2) is 55.6 Å². The molecule has 0 spiro atoms. The number of allylic oxidation sites excluding steroid dienone is 1. The minimum atomic E-state index is -0.239. The Morgan fingerprint density at radius 3 is 2.45 bits per heavy atom. The van der Waals surface area contributed by atoms with Gasteiger partial charge in [-0.3, -0.25) is 4.90 Å². The van der Waals surface area contributed by atoms with E-state index in [1.165, 1.54) is 18.4 Å². The standard InChI is InChI=1S/C17H30BNO3/c1-16(2)17(3,4)22-18(21-16)14-6-8-15(9-7-14)19-10-5-12-20-13-11-19/h6,15H,5,7-13H2,1-4H3. The van der Waals surface area contributed by atoms with E-state index in [0.29, 0.717) is 6.04 Å². The first-order valence-corrected chi connectivity index (χ1v) is 8.75. The van der Waals surface area contributed by atoms with Crippen LogP contribution in [0.3, 0.4) is 0 Å². The van der Waals surface area contributed by atoms with Gasteiger partial charge in [0.2, 0.25) is 0 Å². The zero-order valence-corrected chi connectivity index (χ0v) is 14.6. The van der Waals surface area contributed by atoms with E-state index >= 15 is 0 Å². The summed E-state index contributed by atoms with van der Waals surface area (Å²) in [5.74, 6) is 0. The number of hydrogen-bond acceptors (Lipinski definition) is 4. The van der Waals surface area contributed by atoms with Crippen LogP contribution in [0.5, 0.6) is 0 Å². The first-order chi connectivity index (χ1) is 10.4. The van der Waals surface area contributed by atoms with Gasteiger partial charge >= 0.3 is 7.12 Å². The lowest BCUT2D eigenvalue weighted by atomic mass is 9.71. The van der Waals surface area contributed by atoms with Gasteiger partial charge in [-0.05, 0) is 58.9 Å². The maximum absolute atomic E-state index is 6.18. The quantitative estimate of drug-likeness (QED) is 0.734. The maximum Gasteiger partial charge on any atom is 0.490 e. The van der Waals surface area contributed by atoms with Gasteiger partial charge in [0.25, 0.3) is 0 Å². The highest BCUT2D eigenvalue weighted by Gasteiger charge is 2.52. The van der Waals surface area contributed by atoms with E-state index in [-0.39, 0.29) is 18.3 Å². The molecule has 2 aliphatic heterocycles. The van der Waals surface area contributed by atoms with Crippen LogP contribution in [0.1, 0.15) is 53.4 Å². The number of ether oxygens (including phenoxy) is 1. The molecule has 0 bridgehead atoms. The summed E-state index contributed by atoms with van der Waals surface area (Å²) in [6.45, 7) is 12.5. The molecule has 1 aliphatic carbocycles. The summed E-state index contributed by atoms with van der Waals surface area (Å²) in [7, 11) is -0.154. The minimum Gasteiger partial charge on any atom is -0.400 e. The summed E-state index contributed by atoms with van der Waals surface area (Å²) in [5.41, 5.74) is 0.857. The van der Waals surface area contributed by atoms with Gasteiger partial charge in [0.1, 0.15) is 0 Å². The van der Waals surface area contributed by atoms with Gasteiger partial charge in [0.05, 0.1) is 17.8 Å². The van der Waals surface area contributed by atoms with E-state index in [9.17, 15) is 0 Å². The first kappa shape index (κ1) is 16.5. The molecule has 1 unspecified atom stereocenters. The third kappa shape index (κ3) is 3.28. The van der Waals surface area contributed by atoms with Gasteiger partial charge in [-0.1, -0.05) is 6.08 Å². The maximum atomic E-state index is 6.18. The van der Waals surface area contributed by atoms with E-state index in [2.05, 4.69) is 38.7 Å². The lowest BCUT2D eigenvalue weighted by molar-refractivity contribution is 0.00578. The van der Waals surface area contributed by atoms with E-state index < -0.39 is 0 Å². The molecular weight excluding hydrogens is 277 g/mol. The zero-order valence-electron chi connectivity index (χ0n) is 14.6. The van der Waals surface area contributed by atoms with Crippen molar-refractivity contribution < 1.29 is 14.0 Å². The van der Waals surface area contributed by atoms with Crippen LogP contribution >= 0.6 is 0 Å². The molecule has 3 rings (SSSR count). The van der Waals surface area contributed by atoms with E-state index in [1.54, 1.807) is 0 Å². The summed E-state index contributed by atoms with van der Waals surface area (Å²) in [6.07, 6.45) is 6.92. The Bertz CT molecular complexity index is 412. The van der Waals surface area contributed by atoms with Gasteiger partial charge in [-0.15, -0.1) is 0 Å². The fraction of sp³-hybridized carbons (Fsp3) is 0.882. The van der Waals surface area contributed by atoms with Crippen LogP contribution in [0, 0.1) is 0 Å². The second-order valence-electron chi connectivity index (χ2n) is 7.80. The zero-order chi connectivity index (χ0) is 15.8. The predicted molar refractivity (Wildman–Crippen MR) is 88.8 cm³/mol. The Kier molecular flexibility index (Phi) is 4.70. The molecule has 0 radical (unpaired) electrons. The molecule has 0 N–H and O–H groups in total. The van der Waals surface area contributed by atoms with Gasteiger partial charge in [0.15, 0.2) is 0 Å². The lowest BCUT2D eigenvalue weighted by Crippen LogP contribution is -2.41. The monoisotopic (exact) mass is 307 g/mol. The second-order valence-corrected chi connectivity index (χ2v) is 7.80. The smallest absolute Gasteiger partial charge is 0.400 e. The lowest BCUT2D eigenvalue weighted by Gasteiger charge is -2.32. The molecule has 0 amide bonds. The minimum absolute atomic E-state index is 0.154. The summed E-state index contributed by atoms with van der Waals surface area (Å²) in [5, 5.41) is 0. The highest BCUT2D eigenvalue weighted by molar-refractivity contribution is 6.54. The highest BCUT2D eigenvalue weighted by atomic mass is 16.7. The topological polar surface area (TPSA) is 30.9 Å². The van der Waals surface area contributed by atoms with Crippen molar-refractivity contribution in [2.45, 2.75) is 70.6 Å². The summed E-state index contributed by atoms with van der Waals surface area (Å²) in [6, 6.07) is 0.660. The Labute approximate surface area is 135 Å². The summed E-state index contributed by atoms with van der Waals surface area (Å²) in [4.78, 5) is 2.60. The average Bonchev–Trinajstić information content (AvgIpc) is 2.67. The van der Waals surface area contributed by atoms with Crippen molar-refractivity contribution in [2.24, 2.45) is 0 Å². The van der Waals surface area contributed by atoms with E-state index in [1.807, 2.05) is 0 Å². The van der Waals surface area contributed by atoms with Gasteiger partial charge in [-0.2, -0.15) is 0 Å². The predicted octanol–water partition coefficient (Wildman–Crippen LogP) is 2.82. The van der Waals surface area contributed by atoms with Crippen LogP contribution in [0.2, 0.25) is 0 Å². The molecule has 2 heterocycles. The molecule has 0 aromatic rings. The second kappa shape index (κ2) is 6.27. The van der Waals surface area contributed by atoms with Crippen LogP contribution in [0.15, 0.2) is 11.5 Å². The largest absolute Gasteiger partial charge is 0.490 e. The molecule has 3 aliphatic rings. The fourth-order valence-corrected chi connectivity index (χ4v) is 3.51. The molecule has 1 atom stereocenters. The average molecular weight is 307 g/mol. The van der Waals surface area contributed by atoms with Crippen molar-refractivity contribution in [3.05, 3.63) is 11.5 Å².